The van der Waals surface area contributed by atoms with E-state index in [0.717, 1.165) is 12.8 Å². The molecule has 0 aliphatic carbocycles. The fourth-order valence-electron chi connectivity index (χ4n) is 2.97. The number of rotatable bonds is 11. The average molecular weight is 385 g/mol. The number of hydrogen-bond acceptors (Lipinski definition) is 4. The number of ether oxygens (including phenoxy) is 1. The number of likely N-dealkylation sites (tertiary alicyclic amines) is 1. The molecule has 5 nitrogen and oxygen atoms in total. The highest BCUT2D eigenvalue weighted by atomic mass is 19.3. The highest BCUT2D eigenvalue weighted by molar-refractivity contribution is 5.86. The molecule has 152 valence electrons. The van der Waals surface area contributed by atoms with Gasteiger partial charge in [0.15, 0.2) is 0 Å². The third-order valence-corrected chi connectivity index (χ3v) is 4.49. The maximum atomic E-state index is 13.8. The van der Waals surface area contributed by atoms with Crippen LogP contribution >= 0.6 is 0 Å². The first-order chi connectivity index (χ1) is 12.8. The van der Waals surface area contributed by atoms with Gasteiger partial charge in [-0.3, -0.25) is 9.59 Å². The Balaban J connectivity index is 2.48. The van der Waals surface area contributed by atoms with Gasteiger partial charge in [-0.15, -0.1) is 11.8 Å². The second-order valence-corrected chi connectivity index (χ2v) is 6.63. The maximum absolute atomic E-state index is 13.8. The lowest BCUT2D eigenvalue weighted by Crippen LogP contribution is -2.36. The molecule has 1 saturated heterocycles. The predicted molar refractivity (Wildman–Crippen MR) is 98.0 cm³/mol. The number of aliphatic hydroxyl groups excluding tert-OH is 1. The number of methoxy groups -OCH3 is 1. The van der Waals surface area contributed by atoms with E-state index in [4.69, 9.17) is 0 Å². The lowest BCUT2D eigenvalue weighted by molar-refractivity contribution is -0.148. The van der Waals surface area contributed by atoms with E-state index in [9.17, 15) is 23.5 Å². The van der Waals surface area contributed by atoms with Crippen LogP contribution < -0.4 is 0 Å². The fourth-order valence-corrected chi connectivity index (χ4v) is 2.97. The van der Waals surface area contributed by atoms with Crippen LogP contribution in [0.25, 0.3) is 0 Å². The Morgan fingerprint density at radius 1 is 1.41 bits per heavy atom. The van der Waals surface area contributed by atoms with E-state index < -0.39 is 30.4 Å². The minimum Gasteiger partial charge on any atom is -0.469 e. The molecule has 1 aliphatic heterocycles. The summed E-state index contributed by atoms with van der Waals surface area (Å²) in [5.74, 6) is 0.779. The van der Waals surface area contributed by atoms with Gasteiger partial charge in [0.25, 0.3) is 5.91 Å². The smallest absolute Gasteiger partial charge is 0.327 e. The Morgan fingerprint density at radius 3 is 2.78 bits per heavy atom. The Kier molecular flexibility index (Phi) is 10.0. The zero-order chi connectivity index (χ0) is 20.3. The number of halogens is 2. The topological polar surface area (TPSA) is 66.8 Å². The normalized spacial score (nSPS) is 19.8. The molecule has 27 heavy (non-hydrogen) atoms. The fraction of sp³-hybridized carbons (Fsp3) is 0.700. The van der Waals surface area contributed by atoms with Gasteiger partial charge >= 0.3 is 11.9 Å². The van der Waals surface area contributed by atoms with Gasteiger partial charge in [-0.05, 0) is 26.2 Å². The zero-order valence-electron chi connectivity index (χ0n) is 16.0. The summed E-state index contributed by atoms with van der Waals surface area (Å²) < 4.78 is 32.2. The summed E-state index contributed by atoms with van der Waals surface area (Å²) in [4.78, 5) is 24.2. The van der Waals surface area contributed by atoms with E-state index in [0.29, 0.717) is 32.1 Å². The van der Waals surface area contributed by atoms with Crippen LogP contribution in [0.5, 0.6) is 0 Å². The standard InChI is InChI=1S/C20H29F2NO4/c1-3-4-7-10-17(24)13-12-16-15-20(21,22)19(26)23(16)14-9-6-5-8-11-18(25)27-2/h12-13,16-17,24H,5-11,14-15H2,1-2H3/b13-12+. The predicted octanol–water partition coefficient (Wildman–Crippen LogP) is 3.07. The highest BCUT2D eigenvalue weighted by Gasteiger charge is 2.52. The van der Waals surface area contributed by atoms with Gasteiger partial charge in [0.1, 0.15) is 0 Å². The number of carbonyl (C=O) groups excluding carboxylic acids is 2. The van der Waals surface area contributed by atoms with Gasteiger partial charge in [-0.25, -0.2) is 0 Å². The highest BCUT2D eigenvalue weighted by Crippen LogP contribution is 2.34. The van der Waals surface area contributed by atoms with Crippen molar-refractivity contribution in [2.45, 2.75) is 76.4 Å². The van der Waals surface area contributed by atoms with Crippen LogP contribution in [0.3, 0.4) is 0 Å². The van der Waals surface area contributed by atoms with E-state index in [1.54, 1.807) is 6.92 Å². The Bertz CT molecular complexity index is 580. The molecule has 1 aliphatic rings. The van der Waals surface area contributed by atoms with Crippen molar-refractivity contribution >= 4 is 11.9 Å². The van der Waals surface area contributed by atoms with Gasteiger partial charge < -0.3 is 14.7 Å². The number of unbranched alkanes of at least 4 members (excludes halogenated alkanes) is 3. The van der Waals surface area contributed by atoms with E-state index in [-0.39, 0.29) is 12.5 Å². The van der Waals surface area contributed by atoms with Crippen LogP contribution in [-0.2, 0) is 14.3 Å². The second kappa shape index (κ2) is 11.7. The molecule has 0 bridgehead atoms. The average Bonchev–Trinajstić information content (AvgIpc) is 2.85. The molecular formula is C20H29F2NO4. The molecule has 0 aromatic heterocycles. The maximum Gasteiger partial charge on any atom is 0.327 e. The Hall–Kier alpha value is -1.94. The molecule has 2 unspecified atom stereocenters. The van der Waals surface area contributed by atoms with Crippen LogP contribution in [0, 0.1) is 11.8 Å². The molecule has 1 fully saturated rings. The van der Waals surface area contributed by atoms with Gasteiger partial charge in [0, 0.05) is 25.8 Å². The molecule has 0 aromatic carbocycles. The number of alkyl halides is 2. The molecule has 7 heteroatoms. The van der Waals surface area contributed by atoms with Crippen LogP contribution in [0.4, 0.5) is 8.78 Å². The van der Waals surface area contributed by atoms with Crippen molar-refractivity contribution in [1.82, 2.24) is 4.90 Å². The summed E-state index contributed by atoms with van der Waals surface area (Å²) >= 11 is 0. The molecule has 1 heterocycles. The van der Waals surface area contributed by atoms with Crippen molar-refractivity contribution in [2.24, 2.45) is 0 Å². The van der Waals surface area contributed by atoms with Crippen molar-refractivity contribution in [3.63, 3.8) is 0 Å². The molecule has 1 N–H and O–H groups in total. The lowest BCUT2D eigenvalue weighted by Gasteiger charge is -2.22. The van der Waals surface area contributed by atoms with Gasteiger partial charge in [0.05, 0.1) is 19.3 Å². The third-order valence-electron chi connectivity index (χ3n) is 4.49. The number of nitrogens with zero attached hydrogens (tertiary/aromatic N) is 1. The molecule has 0 radical (unpaired) electrons. The summed E-state index contributed by atoms with van der Waals surface area (Å²) in [6.45, 7) is 1.95. The monoisotopic (exact) mass is 385 g/mol. The molecular weight excluding hydrogens is 356 g/mol. The first kappa shape index (κ1) is 23.1. The summed E-state index contributed by atoms with van der Waals surface area (Å²) in [6, 6.07) is -0.713. The van der Waals surface area contributed by atoms with Gasteiger partial charge in [-0.2, -0.15) is 8.78 Å². The SMILES string of the molecule is CC#CCCC(O)/C=C/C1CC(F)(F)C(=O)N1CCCCCCC(=O)OC. The van der Waals surface area contributed by atoms with Crippen molar-refractivity contribution in [3.05, 3.63) is 12.2 Å². The minimum atomic E-state index is -3.36. The van der Waals surface area contributed by atoms with E-state index in [1.165, 1.54) is 24.2 Å². The number of hydrogen-bond donors (Lipinski definition) is 1. The molecule has 1 amide bonds. The number of carbonyl (C=O) groups is 2. The Labute approximate surface area is 159 Å². The summed E-state index contributed by atoms with van der Waals surface area (Å²) in [6.07, 6.45) is 5.69. The molecule has 1 rings (SSSR count). The van der Waals surface area contributed by atoms with Crippen molar-refractivity contribution < 1.29 is 28.2 Å². The van der Waals surface area contributed by atoms with Crippen LogP contribution in [0.15, 0.2) is 12.2 Å². The lowest BCUT2D eigenvalue weighted by atomic mass is 10.1. The van der Waals surface area contributed by atoms with E-state index in [1.807, 2.05) is 0 Å². The molecule has 0 spiro atoms. The summed E-state index contributed by atoms with van der Waals surface area (Å²) in [5.41, 5.74) is 0. The van der Waals surface area contributed by atoms with Crippen LogP contribution in [0.1, 0.15) is 58.3 Å². The van der Waals surface area contributed by atoms with Crippen molar-refractivity contribution in [2.75, 3.05) is 13.7 Å². The molecule has 2 atom stereocenters. The Morgan fingerprint density at radius 2 is 2.11 bits per heavy atom. The number of amides is 1. The van der Waals surface area contributed by atoms with E-state index >= 15 is 0 Å². The van der Waals surface area contributed by atoms with E-state index in [2.05, 4.69) is 16.6 Å². The zero-order valence-corrected chi connectivity index (χ0v) is 16.0. The third kappa shape index (κ3) is 8.08. The summed E-state index contributed by atoms with van der Waals surface area (Å²) in [7, 11) is 1.34. The second-order valence-electron chi connectivity index (χ2n) is 6.63. The first-order valence-corrected chi connectivity index (χ1v) is 9.33. The summed E-state index contributed by atoms with van der Waals surface area (Å²) in [5, 5.41) is 9.87. The number of esters is 1. The number of aliphatic hydroxyl groups is 1. The van der Waals surface area contributed by atoms with Crippen molar-refractivity contribution in [3.8, 4) is 11.8 Å². The van der Waals surface area contributed by atoms with Gasteiger partial charge in [0.2, 0.25) is 0 Å². The molecule has 0 aromatic rings. The van der Waals surface area contributed by atoms with Crippen molar-refractivity contribution in [1.29, 1.82) is 0 Å². The first-order valence-electron chi connectivity index (χ1n) is 9.33. The van der Waals surface area contributed by atoms with Gasteiger partial charge in [-0.1, -0.05) is 25.0 Å². The minimum absolute atomic E-state index is 0.235. The largest absolute Gasteiger partial charge is 0.469 e. The quantitative estimate of drug-likeness (QED) is 0.257. The van der Waals surface area contributed by atoms with Crippen LogP contribution in [0.2, 0.25) is 0 Å². The van der Waals surface area contributed by atoms with Crippen LogP contribution in [-0.4, -0.2) is 53.6 Å². The molecule has 0 saturated carbocycles.